The predicted molar refractivity (Wildman–Crippen MR) is 137 cm³/mol. The van der Waals surface area contributed by atoms with Crippen molar-refractivity contribution < 1.29 is 18.0 Å². The van der Waals surface area contributed by atoms with E-state index in [-0.39, 0.29) is 5.69 Å². The molecule has 0 aliphatic rings. The van der Waals surface area contributed by atoms with Crippen LogP contribution in [0.1, 0.15) is 21.5 Å². The minimum Gasteiger partial charge on any atom is -0.355 e. The molecule has 1 amide bonds. The molecule has 5 aromatic rings. The highest BCUT2D eigenvalue weighted by Gasteiger charge is 2.30. The quantitative estimate of drug-likeness (QED) is 0.258. The Kier molecular flexibility index (Phi) is 6.15. The highest BCUT2D eigenvalue weighted by Crippen LogP contribution is 2.34. The molecule has 5 rings (SSSR count). The Labute approximate surface area is 208 Å². The number of pyridine rings is 2. The summed E-state index contributed by atoms with van der Waals surface area (Å²) in [5.74, 6) is -0.509. The first-order chi connectivity index (χ1) is 17.3. The number of thiophene rings is 1. The Bertz CT molecular complexity index is 1560. The topological polar surface area (TPSA) is 66.9 Å². The van der Waals surface area contributed by atoms with Crippen LogP contribution in [-0.4, -0.2) is 15.9 Å². The second-order valence-electron chi connectivity index (χ2n) is 8.12. The van der Waals surface area contributed by atoms with Gasteiger partial charge in [0.1, 0.15) is 4.83 Å². The van der Waals surface area contributed by atoms with Gasteiger partial charge in [-0.2, -0.15) is 13.2 Å². The van der Waals surface area contributed by atoms with Crippen molar-refractivity contribution in [3.8, 4) is 11.3 Å². The lowest BCUT2D eigenvalue weighted by Gasteiger charge is -2.14. The predicted octanol–water partition coefficient (Wildman–Crippen LogP) is 7.68. The first-order valence-corrected chi connectivity index (χ1v) is 11.8. The van der Waals surface area contributed by atoms with Crippen molar-refractivity contribution in [3.05, 3.63) is 101 Å². The highest BCUT2D eigenvalue weighted by molar-refractivity contribution is 7.16. The van der Waals surface area contributed by atoms with Gasteiger partial charge < -0.3 is 10.6 Å². The smallest absolute Gasteiger partial charge is 0.355 e. The number of rotatable bonds is 5. The van der Waals surface area contributed by atoms with Gasteiger partial charge in [-0.05, 0) is 72.5 Å². The van der Waals surface area contributed by atoms with E-state index in [9.17, 15) is 18.0 Å². The number of carbonyl (C=O) groups excluding carboxylic acids is 1. The zero-order valence-electron chi connectivity index (χ0n) is 18.9. The maximum absolute atomic E-state index is 13.0. The Hall–Kier alpha value is -4.24. The van der Waals surface area contributed by atoms with Gasteiger partial charge in [-0.25, -0.2) is 4.98 Å². The van der Waals surface area contributed by atoms with Crippen LogP contribution in [0.25, 0.3) is 21.5 Å². The molecular formula is C27H19F3N4OS. The van der Waals surface area contributed by atoms with Crippen molar-refractivity contribution in [2.45, 2.75) is 13.1 Å². The molecule has 9 heteroatoms. The fourth-order valence-corrected chi connectivity index (χ4v) is 4.53. The number of halogens is 3. The molecule has 5 nitrogen and oxygen atoms in total. The van der Waals surface area contributed by atoms with E-state index in [1.165, 1.54) is 23.5 Å². The van der Waals surface area contributed by atoms with Crippen LogP contribution in [-0.2, 0) is 6.18 Å². The first kappa shape index (κ1) is 23.5. The molecule has 0 saturated heterocycles. The van der Waals surface area contributed by atoms with E-state index in [0.717, 1.165) is 44.9 Å². The minimum atomic E-state index is -4.49. The van der Waals surface area contributed by atoms with Gasteiger partial charge in [0.25, 0.3) is 5.91 Å². The number of amides is 1. The molecule has 36 heavy (non-hydrogen) atoms. The lowest BCUT2D eigenvalue weighted by atomic mass is 10.1. The van der Waals surface area contributed by atoms with Crippen molar-refractivity contribution in [2.75, 3.05) is 10.6 Å². The molecule has 0 saturated carbocycles. The average Bonchev–Trinajstić information content (AvgIpc) is 3.35. The molecule has 0 fully saturated rings. The summed E-state index contributed by atoms with van der Waals surface area (Å²) >= 11 is 1.53. The fourth-order valence-electron chi connectivity index (χ4n) is 3.74. The van der Waals surface area contributed by atoms with Crippen LogP contribution < -0.4 is 10.6 Å². The Morgan fingerprint density at radius 3 is 2.53 bits per heavy atom. The first-order valence-electron chi connectivity index (χ1n) is 10.9. The molecule has 0 atom stereocenters. The molecule has 0 aliphatic carbocycles. The SMILES string of the molecule is Cc1ccc(C(=O)Nc2cccc(C(F)(F)F)c2)cc1Nc1cc(-c2ccncc2)nc2sccc12. The molecular weight excluding hydrogens is 485 g/mol. The maximum Gasteiger partial charge on any atom is 0.416 e. The van der Waals surface area contributed by atoms with E-state index in [4.69, 9.17) is 4.98 Å². The van der Waals surface area contributed by atoms with E-state index in [1.807, 2.05) is 36.6 Å². The molecule has 3 heterocycles. The summed E-state index contributed by atoms with van der Waals surface area (Å²) in [4.78, 5) is 22.5. The number of nitrogens with one attached hydrogen (secondary N) is 2. The summed E-state index contributed by atoms with van der Waals surface area (Å²) < 4.78 is 39.1. The number of anilines is 3. The number of hydrogen-bond acceptors (Lipinski definition) is 5. The molecule has 3 aromatic heterocycles. The lowest BCUT2D eigenvalue weighted by molar-refractivity contribution is -0.137. The summed E-state index contributed by atoms with van der Waals surface area (Å²) in [5.41, 5.74) is 3.69. The number of aromatic nitrogens is 2. The molecule has 0 unspecified atom stereocenters. The monoisotopic (exact) mass is 504 g/mol. The van der Waals surface area contributed by atoms with Crippen LogP contribution in [0.3, 0.4) is 0 Å². The van der Waals surface area contributed by atoms with E-state index in [0.29, 0.717) is 11.3 Å². The van der Waals surface area contributed by atoms with Crippen LogP contribution in [0.5, 0.6) is 0 Å². The van der Waals surface area contributed by atoms with Crippen LogP contribution in [0.2, 0.25) is 0 Å². The van der Waals surface area contributed by atoms with Crippen LogP contribution >= 0.6 is 11.3 Å². The second-order valence-corrected chi connectivity index (χ2v) is 9.01. The molecule has 180 valence electrons. The molecule has 0 bridgehead atoms. The van der Waals surface area contributed by atoms with Crippen molar-refractivity contribution >= 4 is 44.5 Å². The zero-order chi connectivity index (χ0) is 25.3. The molecule has 0 radical (unpaired) electrons. The third-order valence-electron chi connectivity index (χ3n) is 5.63. The number of aryl methyl sites for hydroxylation is 1. The van der Waals surface area contributed by atoms with Crippen LogP contribution in [0, 0.1) is 6.92 Å². The van der Waals surface area contributed by atoms with Gasteiger partial charge in [0, 0.05) is 40.3 Å². The second kappa shape index (κ2) is 9.43. The van der Waals surface area contributed by atoms with Crippen molar-refractivity contribution in [3.63, 3.8) is 0 Å². The van der Waals surface area contributed by atoms with E-state index >= 15 is 0 Å². The number of nitrogens with zero attached hydrogens (tertiary/aromatic N) is 2. The van der Waals surface area contributed by atoms with Crippen molar-refractivity contribution in [1.29, 1.82) is 0 Å². The van der Waals surface area contributed by atoms with Crippen molar-refractivity contribution in [1.82, 2.24) is 9.97 Å². The maximum atomic E-state index is 13.0. The summed E-state index contributed by atoms with van der Waals surface area (Å²) in [6.45, 7) is 1.91. The summed E-state index contributed by atoms with van der Waals surface area (Å²) in [5, 5.41) is 8.88. The van der Waals surface area contributed by atoms with Gasteiger partial charge in [0.05, 0.1) is 16.9 Å². The lowest BCUT2D eigenvalue weighted by Crippen LogP contribution is -2.13. The van der Waals surface area contributed by atoms with Crippen LogP contribution in [0.15, 0.2) is 84.5 Å². The van der Waals surface area contributed by atoms with Gasteiger partial charge in [0.2, 0.25) is 0 Å². The van der Waals surface area contributed by atoms with Crippen LogP contribution in [0.4, 0.5) is 30.2 Å². The Morgan fingerprint density at radius 2 is 1.75 bits per heavy atom. The average molecular weight is 505 g/mol. The molecule has 0 aliphatic heterocycles. The third-order valence-corrected chi connectivity index (χ3v) is 6.44. The molecule has 2 N–H and O–H groups in total. The van der Waals surface area contributed by atoms with Gasteiger partial charge in [0.15, 0.2) is 0 Å². The van der Waals surface area contributed by atoms with Crippen molar-refractivity contribution in [2.24, 2.45) is 0 Å². The molecule has 0 spiro atoms. The van der Waals surface area contributed by atoms with E-state index in [1.54, 1.807) is 30.6 Å². The van der Waals surface area contributed by atoms with E-state index < -0.39 is 17.6 Å². The fraction of sp³-hybridized carbons (Fsp3) is 0.0741. The number of alkyl halides is 3. The summed E-state index contributed by atoms with van der Waals surface area (Å²) in [6.07, 6.45) is -1.08. The third kappa shape index (κ3) is 4.92. The molecule has 2 aromatic carbocycles. The largest absolute Gasteiger partial charge is 0.416 e. The number of carbonyl (C=O) groups is 1. The highest BCUT2D eigenvalue weighted by atomic mass is 32.1. The minimum absolute atomic E-state index is 0.0704. The van der Waals surface area contributed by atoms with Gasteiger partial charge in [-0.15, -0.1) is 11.3 Å². The Balaban J connectivity index is 1.45. The Morgan fingerprint density at radius 1 is 0.944 bits per heavy atom. The number of benzene rings is 2. The van der Waals surface area contributed by atoms with E-state index in [2.05, 4.69) is 15.6 Å². The zero-order valence-corrected chi connectivity index (χ0v) is 19.7. The van der Waals surface area contributed by atoms with Gasteiger partial charge >= 0.3 is 6.18 Å². The standard InChI is InChI=1S/C27H19F3N4OS/c1-16-5-6-18(25(35)32-20-4-2-3-19(14-20)27(28,29)30)13-22(16)33-24-15-23(17-7-10-31-11-8-17)34-26-21(24)9-12-36-26/h2-15H,1H3,(H,32,35)(H,33,34). The summed E-state index contributed by atoms with van der Waals surface area (Å²) in [6, 6.07) is 17.4. The number of hydrogen-bond donors (Lipinski definition) is 2. The normalized spacial score (nSPS) is 11.4. The van der Waals surface area contributed by atoms with Gasteiger partial charge in [-0.3, -0.25) is 9.78 Å². The summed E-state index contributed by atoms with van der Waals surface area (Å²) in [7, 11) is 0. The number of fused-ring (bicyclic) bond motifs is 1. The van der Waals surface area contributed by atoms with Gasteiger partial charge in [-0.1, -0.05) is 12.1 Å².